The Balaban J connectivity index is 0.000000256. The van der Waals surface area contributed by atoms with Gasteiger partial charge in [-0.3, -0.25) is 0 Å². The Labute approximate surface area is 139 Å². The minimum atomic E-state index is -5.08. The van der Waals surface area contributed by atoms with E-state index in [1.165, 1.54) is 38.5 Å². The maximum atomic E-state index is 10.6. The lowest BCUT2D eigenvalue weighted by Gasteiger charge is -2.43. The Bertz CT molecular complexity index is 407. The number of alkyl halides is 3. The summed E-state index contributed by atoms with van der Waals surface area (Å²) in [6, 6.07) is 0. The summed E-state index contributed by atoms with van der Waals surface area (Å²) in [5.74, 6) is -1.17. The number of carboxylic acids is 1. The van der Waals surface area contributed by atoms with Gasteiger partial charge in [-0.15, -0.1) is 0 Å². The predicted molar refractivity (Wildman–Crippen MR) is 80.7 cm³/mol. The molecule has 0 amide bonds. The van der Waals surface area contributed by atoms with Gasteiger partial charge in [0.05, 0.1) is 5.60 Å². The molecular weight excluding hydrogens is 327 g/mol. The molecule has 0 aromatic heterocycles. The van der Waals surface area contributed by atoms with E-state index in [0.29, 0.717) is 0 Å². The number of hydrogen-bond donors (Lipinski definition) is 2. The van der Waals surface area contributed by atoms with Crippen LogP contribution in [0.15, 0.2) is 0 Å². The number of carboxylic acid groups (broad SMARTS) is 1. The fraction of sp³-hybridized carbons (Fsp3) is 0.938. The second-order valence-electron chi connectivity index (χ2n) is 6.82. The van der Waals surface area contributed by atoms with Gasteiger partial charge < -0.3 is 19.9 Å². The van der Waals surface area contributed by atoms with Gasteiger partial charge in [-0.05, 0) is 37.5 Å². The lowest BCUT2D eigenvalue weighted by molar-refractivity contribution is -0.192. The van der Waals surface area contributed by atoms with Gasteiger partial charge in [0.1, 0.15) is 0 Å². The second kappa shape index (κ2) is 8.49. The molecule has 2 aliphatic heterocycles. The molecule has 140 valence electrons. The highest BCUT2D eigenvalue weighted by molar-refractivity contribution is 5.73. The molecule has 1 aliphatic carbocycles. The summed E-state index contributed by atoms with van der Waals surface area (Å²) in [6.07, 6.45) is 2.95. The predicted octanol–water partition coefficient (Wildman–Crippen LogP) is 2.60. The standard InChI is InChI=1S/C14H25NO2.C2HF3O2/c1-2-4-12(3-1)9-16-7-5-13-6-8-17-14(13)10-15-11-14;3-2(4,5)1(6)7/h12-13,15H,1-11H2;(H,6,7). The van der Waals surface area contributed by atoms with Crippen LogP contribution in [0.3, 0.4) is 0 Å². The van der Waals surface area contributed by atoms with Crippen molar-refractivity contribution >= 4 is 5.97 Å². The maximum Gasteiger partial charge on any atom is 0.490 e. The fourth-order valence-electron chi connectivity index (χ4n) is 3.61. The Hall–Kier alpha value is -0.860. The molecule has 3 aliphatic rings. The van der Waals surface area contributed by atoms with Crippen molar-refractivity contribution in [2.24, 2.45) is 11.8 Å². The van der Waals surface area contributed by atoms with Gasteiger partial charge in [0, 0.05) is 32.9 Å². The molecule has 2 saturated heterocycles. The van der Waals surface area contributed by atoms with Gasteiger partial charge in [0.25, 0.3) is 0 Å². The molecule has 0 radical (unpaired) electrons. The van der Waals surface area contributed by atoms with Crippen LogP contribution in [0.1, 0.15) is 38.5 Å². The molecule has 1 unspecified atom stereocenters. The lowest BCUT2D eigenvalue weighted by Crippen LogP contribution is -2.62. The van der Waals surface area contributed by atoms with Crippen LogP contribution in [0.2, 0.25) is 0 Å². The average molecular weight is 353 g/mol. The Morgan fingerprint density at radius 2 is 1.88 bits per heavy atom. The molecule has 2 heterocycles. The summed E-state index contributed by atoms with van der Waals surface area (Å²) in [5.41, 5.74) is 0.191. The molecule has 5 nitrogen and oxygen atoms in total. The number of carbonyl (C=O) groups is 1. The van der Waals surface area contributed by atoms with Crippen molar-refractivity contribution in [3.05, 3.63) is 0 Å². The summed E-state index contributed by atoms with van der Waals surface area (Å²) in [6.45, 7) is 5.00. The van der Waals surface area contributed by atoms with Crippen LogP contribution in [-0.2, 0) is 14.3 Å². The summed E-state index contributed by atoms with van der Waals surface area (Å²) < 4.78 is 43.5. The van der Waals surface area contributed by atoms with Crippen molar-refractivity contribution in [1.29, 1.82) is 0 Å². The van der Waals surface area contributed by atoms with Crippen molar-refractivity contribution in [3.63, 3.8) is 0 Å². The van der Waals surface area contributed by atoms with Gasteiger partial charge in [0.2, 0.25) is 0 Å². The van der Waals surface area contributed by atoms with E-state index < -0.39 is 12.1 Å². The molecule has 1 atom stereocenters. The number of ether oxygens (including phenoxy) is 2. The first-order valence-electron chi connectivity index (χ1n) is 8.56. The van der Waals surface area contributed by atoms with Crippen molar-refractivity contribution in [3.8, 4) is 0 Å². The monoisotopic (exact) mass is 353 g/mol. The molecule has 3 fully saturated rings. The first-order valence-corrected chi connectivity index (χ1v) is 8.56. The van der Waals surface area contributed by atoms with Gasteiger partial charge in [-0.2, -0.15) is 13.2 Å². The van der Waals surface area contributed by atoms with Crippen LogP contribution < -0.4 is 5.32 Å². The molecule has 24 heavy (non-hydrogen) atoms. The smallest absolute Gasteiger partial charge is 0.475 e. The third-order valence-electron chi connectivity index (χ3n) is 5.13. The summed E-state index contributed by atoms with van der Waals surface area (Å²) in [5, 5.41) is 10.5. The minimum Gasteiger partial charge on any atom is -0.475 e. The largest absolute Gasteiger partial charge is 0.490 e. The van der Waals surface area contributed by atoms with E-state index in [1.54, 1.807) is 0 Å². The highest BCUT2D eigenvalue weighted by Crippen LogP contribution is 2.37. The maximum absolute atomic E-state index is 10.6. The average Bonchev–Trinajstić information content (AvgIpc) is 3.12. The number of halogens is 3. The molecule has 8 heteroatoms. The fourth-order valence-corrected chi connectivity index (χ4v) is 3.61. The molecule has 0 aromatic rings. The summed E-state index contributed by atoms with van der Waals surface area (Å²) >= 11 is 0. The van der Waals surface area contributed by atoms with E-state index in [2.05, 4.69) is 5.32 Å². The Morgan fingerprint density at radius 3 is 2.38 bits per heavy atom. The number of hydrogen-bond acceptors (Lipinski definition) is 4. The molecule has 0 aromatic carbocycles. The van der Waals surface area contributed by atoms with Gasteiger partial charge in [-0.1, -0.05) is 12.8 Å². The van der Waals surface area contributed by atoms with E-state index in [-0.39, 0.29) is 5.60 Å². The number of nitrogens with one attached hydrogen (secondary N) is 1. The van der Waals surface area contributed by atoms with E-state index in [9.17, 15) is 13.2 Å². The van der Waals surface area contributed by atoms with Gasteiger partial charge in [-0.25, -0.2) is 4.79 Å². The van der Waals surface area contributed by atoms with Crippen LogP contribution in [0.5, 0.6) is 0 Å². The lowest BCUT2D eigenvalue weighted by atomic mass is 9.81. The van der Waals surface area contributed by atoms with E-state index in [0.717, 1.165) is 44.7 Å². The topological polar surface area (TPSA) is 67.8 Å². The van der Waals surface area contributed by atoms with Crippen LogP contribution in [-0.4, -0.2) is 55.8 Å². The van der Waals surface area contributed by atoms with Crippen LogP contribution in [0, 0.1) is 11.8 Å². The molecule has 1 spiro atoms. The second-order valence-corrected chi connectivity index (χ2v) is 6.82. The highest BCUT2D eigenvalue weighted by Gasteiger charge is 2.48. The molecule has 1 saturated carbocycles. The third-order valence-corrected chi connectivity index (χ3v) is 5.13. The zero-order valence-electron chi connectivity index (χ0n) is 13.7. The van der Waals surface area contributed by atoms with E-state index in [1.807, 2.05) is 0 Å². The zero-order valence-corrected chi connectivity index (χ0v) is 13.7. The van der Waals surface area contributed by atoms with Crippen LogP contribution in [0.25, 0.3) is 0 Å². The SMILES string of the molecule is C1CCC(COCCC2CCOC23CNC3)C1.O=C(O)C(F)(F)F. The zero-order chi connectivity index (χ0) is 17.6. The highest BCUT2D eigenvalue weighted by atomic mass is 19.4. The molecular formula is C16H26F3NO4. The van der Waals surface area contributed by atoms with Gasteiger partial charge >= 0.3 is 12.1 Å². The van der Waals surface area contributed by atoms with E-state index in [4.69, 9.17) is 19.4 Å². The van der Waals surface area contributed by atoms with Crippen molar-refractivity contribution < 1.29 is 32.5 Å². The molecule has 0 bridgehead atoms. The van der Waals surface area contributed by atoms with Crippen molar-refractivity contribution in [1.82, 2.24) is 5.32 Å². The van der Waals surface area contributed by atoms with Gasteiger partial charge in [0.15, 0.2) is 0 Å². The number of aliphatic carboxylic acids is 1. The quantitative estimate of drug-likeness (QED) is 0.744. The minimum absolute atomic E-state index is 0.191. The van der Waals surface area contributed by atoms with Crippen LogP contribution in [0.4, 0.5) is 13.2 Å². The number of rotatable bonds is 5. The first kappa shape index (κ1) is 19.5. The Morgan fingerprint density at radius 1 is 1.25 bits per heavy atom. The van der Waals surface area contributed by atoms with E-state index >= 15 is 0 Å². The summed E-state index contributed by atoms with van der Waals surface area (Å²) in [4.78, 5) is 8.90. The molecule has 3 rings (SSSR count). The summed E-state index contributed by atoms with van der Waals surface area (Å²) in [7, 11) is 0. The van der Waals surface area contributed by atoms with Crippen molar-refractivity contribution in [2.75, 3.05) is 32.9 Å². The molecule has 2 N–H and O–H groups in total. The Kier molecular flexibility index (Phi) is 6.88. The third kappa shape index (κ3) is 5.32. The normalized spacial score (nSPS) is 26.0. The first-order chi connectivity index (χ1) is 11.3. The van der Waals surface area contributed by atoms with Crippen LogP contribution >= 0.6 is 0 Å². The van der Waals surface area contributed by atoms with Crippen molar-refractivity contribution in [2.45, 2.75) is 50.3 Å².